The standard InChI is InChI=1S/C14H14F2N2S2/c15-10-3-8(4-11(16)6-10)14(18-17)13-5-9-7-19-2-1-12(9)20-13/h3-6,14,18H,1-2,7,17H2. The maximum atomic E-state index is 13.4. The van der Waals surface area contributed by atoms with Gasteiger partial charge in [-0.3, -0.25) is 5.84 Å². The van der Waals surface area contributed by atoms with Gasteiger partial charge in [-0.15, -0.1) is 11.3 Å². The van der Waals surface area contributed by atoms with E-state index in [4.69, 9.17) is 5.84 Å². The first-order valence-electron chi connectivity index (χ1n) is 6.28. The van der Waals surface area contributed by atoms with Crippen molar-refractivity contribution in [1.82, 2.24) is 5.43 Å². The summed E-state index contributed by atoms with van der Waals surface area (Å²) in [5.74, 6) is 6.56. The van der Waals surface area contributed by atoms with Crippen molar-refractivity contribution in [2.24, 2.45) is 5.84 Å². The molecule has 0 saturated carbocycles. The number of hydrogen-bond donors (Lipinski definition) is 2. The molecule has 1 atom stereocenters. The normalized spacial score (nSPS) is 15.9. The number of thiophene rings is 1. The molecule has 0 spiro atoms. The van der Waals surface area contributed by atoms with Crippen molar-refractivity contribution in [3.05, 3.63) is 56.8 Å². The third kappa shape index (κ3) is 2.74. The number of aryl methyl sites for hydroxylation is 1. The number of fused-ring (bicyclic) bond motifs is 1. The molecule has 20 heavy (non-hydrogen) atoms. The Bertz CT molecular complexity index is 584. The highest BCUT2D eigenvalue weighted by atomic mass is 32.2. The summed E-state index contributed by atoms with van der Waals surface area (Å²) in [4.78, 5) is 2.36. The zero-order valence-corrected chi connectivity index (χ0v) is 12.3. The molecule has 3 rings (SSSR count). The average Bonchev–Trinajstić information content (AvgIpc) is 2.81. The van der Waals surface area contributed by atoms with Crippen LogP contribution >= 0.6 is 23.1 Å². The highest BCUT2D eigenvalue weighted by Crippen LogP contribution is 2.36. The molecule has 2 nitrogen and oxygen atoms in total. The summed E-state index contributed by atoms with van der Waals surface area (Å²) < 4.78 is 26.7. The fourth-order valence-electron chi connectivity index (χ4n) is 2.40. The van der Waals surface area contributed by atoms with Gasteiger partial charge in [0.25, 0.3) is 0 Å². The first-order chi connectivity index (χ1) is 9.67. The van der Waals surface area contributed by atoms with Crippen LogP contribution in [0.4, 0.5) is 8.78 Å². The van der Waals surface area contributed by atoms with Gasteiger partial charge in [0.15, 0.2) is 0 Å². The van der Waals surface area contributed by atoms with Crippen LogP contribution < -0.4 is 11.3 Å². The quantitative estimate of drug-likeness (QED) is 0.674. The third-order valence-electron chi connectivity index (χ3n) is 3.32. The van der Waals surface area contributed by atoms with Gasteiger partial charge in [0.1, 0.15) is 11.6 Å². The number of hydrazine groups is 1. The van der Waals surface area contributed by atoms with Gasteiger partial charge in [0, 0.05) is 21.6 Å². The SMILES string of the molecule is NNC(c1cc(F)cc(F)c1)c1cc2c(s1)CCSC2. The second kappa shape index (κ2) is 5.81. The van der Waals surface area contributed by atoms with Crippen LogP contribution in [0, 0.1) is 11.6 Å². The molecule has 1 aromatic heterocycles. The Balaban J connectivity index is 1.98. The number of nitrogens with one attached hydrogen (secondary N) is 1. The van der Waals surface area contributed by atoms with Gasteiger partial charge in [0.2, 0.25) is 0 Å². The fraction of sp³-hybridized carbons (Fsp3) is 0.286. The lowest BCUT2D eigenvalue weighted by Crippen LogP contribution is -2.28. The molecular formula is C14H14F2N2S2. The molecule has 0 aliphatic carbocycles. The summed E-state index contributed by atoms with van der Waals surface area (Å²) >= 11 is 3.58. The van der Waals surface area contributed by atoms with E-state index in [2.05, 4.69) is 11.5 Å². The van der Waals surface area contributed by atoms with Crippen LogP contribution in [-0.2, 0) is 12.2 Å². The van der Waals surface area contributed by atoms with E-state index in [0.29, 0.717) is 5.56 Å². The second-order valence-electron chi connectivity index (χ2n) is 4.70. The van der Waals surface area contributed by atoms with Gasteiger partial charge >= 0.3 is 0 Å². The van der Waals surface area contributed by atoms with E-state index in [1.165, 1.54) is 22.6 Å². The molecule has 0 fully saturated rings. The molecule has 2 aromatic rings. The van der Waals surface area contributed by atoms with Crippen molar-refractivity contribution in [3.8, 4) is 0 Å². The van der Waals surface area contributed by atoms with Crippen molar-refractivity contribution in [2.75, 3.05) is 5.75 Å². The Kier molecular flexibility index (Phi) is 4.07. The summed E-state index contributed by atoms with van der Waals surface area (Å²) in [7, 11) is 0. The van der Waals surface area contributed by atoms with Gasteiger partial charge in [-0.25, -0.2) is 14.2 Å². The van der Waals surface area contributed by atoms with E-state index in [9.17, 15) is 8.78 Å². The maximum absolute atomic E-state index is 13.4. The minimum atomic E-state index is -0.586. The third-order valence-corrected chi connectivity index (χ3v) is 5.63. The molecule has 1 aliphatic heterocycles. The number of hydrogen-bond acceptors (Lipinski definition) is 4. The first kappa shape index (κ1) is 14.0. The van der Waals surface area contributed by atoms with E-state index in [1.54, 1.807) is 11.3 Å². The molecule has 106 valence electrons. The minimum absolute atomic E-state index is 0.374. The predicted octanol–water partition coefficient (Wildman–Crippen LogP) is 3.37. The van der Waals surface area contributed by atoms with Crippen molar-refractivity contribution >= 4 is 23.1 Å². The van der Waals surface area contributed by atoms with Gasteiger partial charge in [-0.05, 0) is 41.5 Å². The molecule has 2 heterocycles. The van der Waals surface area contributed by atoms with Gasteiger partial charge in [0.05, 0.1) is 6.04 Å². The zero-order valence-electron chi connectivity index (χ0n) is 10.7. The Morgan fingerprint density at radius 3 is 2.55 bits per heavy atom. The molecule has 1 aliphatic rings. The van der Waals surface area contributed by atoms with Crippen LogP contribution in [-0.4, -0.2) is 5.75 Å². The number of nitrogens with two attached hydrogens (primary N) is 1. The number of benzene rings is 1. The largest absolute Gasteiger partial charge is 0.271 e. The number of halogens is 2. The van der Waals surface area contributed by atoms with Gasteiger partial charge < -0.3 is 0 Å². The van der Waals surface area contributed by atoms with Crippen molar-refractivity contribution in [1.29, 1.82) is 0 Å². The summed E-state index contributed by atoms with van der Waals surface area (Å²) in [5, 5.41) is 0. The topological polar surface area (TPSA) is 38.0 Å². The minimum Gasteiger partial charge on any atom is -0.271 e. The van der Waals surface area contributed by atoms with Crippen LogP contribution in [0.1, 0.15) is 26.9 Å². The number of thioether (sulfide) groups is 1. The zero-order chi connectivity index (χ0) is 14.1. The van der Waals surface area contributed by atoms with E-state index in [0.717, 1.165) is 28.9 Å². The van der Waals surface area contributed by atoms with Crippen LogP contribution in [0.3, 0.4) is 0 Å². The van der Waals surface area contributed by atoms with Crippen molar-refractivity contribution in [2.45, 2.75) is 18.2 Å². The lowest BCUT2D eigenvalue weighted by molar-refractivity contribution is 0.567. The van der Waals surface area contributed by atoms with E-state index >= 15 is 0 Å². The molecular weight excluding hydrogens is 298 g/mol. The van der Waals surface area contributed by atoms with E-state index < -0.39 is 11.6 Å². The van der Waals surface area contributed by atoms with E-state index in [-0.39, 0.29) is 6.04 Å². The maximum Gasteiger partial charge on any atom is 0.126 e. The molecule has 0 radical (unpaired) electrons. The fourth-order valence-corrected chi connectivity index (χ4v) is 4.86. The Morgan fingerprint density at radius 1 is 1.15 bits per heavy atom. The van der Waals surface area contributed by atoms with Gasteiger partial charge in [-0.2, -0.15) is 11.8 Å². The summed E-state index contributed by atoms with van der Waals surface area (Å²) in [6.45, 7) is 0. The monoisotopic (exact) mass is 312 g/mol. The molecule has 0 bridgehead atoms. The lowest BCUT2D eigenvalue weighted by Gasteiger charge is -2.15. The average molecular weight is 312 g/mol. The van der Waals surface area contributed by atoms with Gasteiger partial charge in [-0.1, -0.05) is 0 Å². The Hall–Kier alpha value is -0.950. The van der Waals surface area contributed by atoms with Crippen LogP contribution in [0.5, 0.6) is 0 Å². The molecule has 1 aromatic carbocycles. The highest BCUT2D eigenvalue weighted by molar-refractivity contribution is 7.98. The summed E-state index contributed by atoms with van der Waals surface area (Å²) in [6.07, 6.45) is 1.06. The number of rotatable bonds is 3. The Labute approximate surface area is 124 Å². The molecule has 0 saturated heterocycles. The van der Waals surface area contributed by atoms with Crippen LogP contribution in [0.2, 0.25) is 0 Å². The molecule has 6 heteroatoms. The highest BCUT2D eigenvalue weighted by Gasteiger charge is 2.21. The second-order valence-corrected chi connectivity index (χ2v) is 6.98. The van der Waals surface area contributed by atoms with Crippen molar-refractivity contribution in [3.63, 3.8) is 0 Å². The molecule has 1 unspecified atom stereocenters. The smallest absolute Gasteiger partial charge is 0.126 e. The molecule has 3 N–H and O–H groups in total. The molecule has 0 amide bonds. The lowest BCUT2D eigenvalue weighted by atomic mass is 10.0. The van der Waals surface area contributed by atoms with E-state index in [1.807, 2.05) is 11.8 Å². The summed E-state index contributed by atoms with van der Waals surface area (Å²) in [6, 6.07) is 5.23. The van der Waals surface area contributed by atoms with Crippen LogP contribution in [0.15, 0.2) is 24.3 Å². The Morgan fingerprint density at radius 2 is 1.90 bits per heavy atom. The summed E-state index contributed by atoms with van der Waals surface area (Å²) in [5.41, 5.74) is 4.50. The van der Waals surface area contributed by atoms with Crippen LogP contribution in [0.25, 0.3) is 0 Å². The van der Waals surface area contributed by atoms with Crippen molar-refractivity contribution < 1.29 is 8.78 Å². The predicted molar refractivity (Wildman–Crippen MR) is 79.7 cm³/mol. The first-order valence-corrected chi connectivity index (χ1v) is 8.26.